The van der Waals surface area contributed by atoms with Crippen molar-refractivity contribution in [1.82, 2.24) is 10.2 Å². The van der Waals surface area contributed by atoms with Gasteiger partial charge < -0.3 is 10.6 Å². The van der Waals surface area contributed by atoms with Crippen molar-refractivity contribution in [2.75, 3.05) is 11.9 Å². The first-order chi connectivity index (χ1) is 12.5. The highest BCUT2D eigenvalue weighted by molar-refractivity contribution is 6.10. The second kappa shape index (κ2) is 7.16. The topological polar surface area (TPSA) is 102 Å². The van der Waals surface area contributed by atoms with Gasteiger partial charge in [-0.2, -0.15) is 5.26 Å². The van der Waals surface area contributed by atoms with Gasteiger partial charge in [-0.1, -0.05) is 19.4 Å². The minimum absolute atomic E-state index is 0.307. The predicted molar refractivity (Wildman–Crippen MR) is 95.0 cm³/mol. The first-order valence-electron chi connectivity index (χ1n) is 8.91. The minimum Gasteiger partial charge on any atom is -0.324 e. The fourth-order valence-electron chi connectivity index (χ4n) is 3.75. The van der Waals surface area contributed by atoms with Gasteiger partial charge in [-0.25, -0.2) is 4.79 Å². The molecule has 7 heteroatoms. The maximum atomic E-state index is 12.8. The number of amides is 4. The van der Waals surface area contributed by atoms with Crippen LogP contribution in [-0.2, 0) is 9.59 Å². The molecule has 0 atom stereocenters. The van der Waals surface area contributed by atoms with E-state index in [0.717, 1.165) is 24.2 Å². The maximum absolute atomic E-state index is 12.8. The summed E-state index contributed by atoms with van der Waals surface area (Å²) >= 11 is 0. The number of imide groups is 1. The number of nitrogens with zero attached hydrogens (tertiary/aromatic N) is 2. The van der Waals surface area contributed by atoms with Crippen molar-refractivity contribution in [3.05, 3.63) is 29.8 Å². The number of nitrogens with one attached hydrogen (secondary N) is 2. The van der Waals surface area contributed by atoms with Crippen LogP contribution in [-0.4, -0.2) is 34.8 Å². The zero-order valence-corrected chi connectivity index (χ0v) is 14.7. The van der Waals surface area contributed by atoms with Crippen LogP contribution in [0.2, 0.25) is 0 Å². The lowest BCUT2D eigenvalue weighted by Gasteiger charge is -2.34. The van der Waals surface area contributed by atoms with Gasteiger partial charge in [0.15, 0.2) is 0 Å². The molecule has 1 saturated carbocycles. The van der Waals surface area contributed by atoms with Crippen LogP contribution in [0.25, 0.3) is 0 Å². The summed E-state index contributed by atoms with van der Waals surface area (Å²) in [6.07, 6.45) is 4.13. The third-order valence-electron chi connectivity index (χ3n) is 5.36. The Balaban J connectivity index is 1.64. The molecule has 2 aliphatic rings. The Labute approximate surface area is 152 Å². The molecular weight excluding hydrogens is 332 g/mol. The van der Waals surface area contributed by atoms with Crippen molar-refractivity contribution in [3.63, 3.8) is 0 Å². The highest BCUT2D eigenvalue weighted by atomic mass is 16.2. The Hall–Kier alpha value is -2.88. The van der Waals surface area contributed by atoms with E-state index in [4.69, 9.17) is 5.26 Å². The van der Waals surface area contributed by atoms with E-state index < -0.39 is 17.5 Å². The molecule has 0 unspecified atom stereocenters. The lowest BCUT2D eigenvalue weighted by atomic mass is 9.75. The second-order valence-electron chi connectivity index (χ2n) is 7.00. The van der Waals surface area contributed by atoms with Gasteiger partial charge in [0.1, 0.15) is 12.1 Å². The van der Waals surface area contributed by atoms with E-state index in [2.05, 4.69) is 17.6 Å². The Morgan fingerprint density at radius 3 is 2.77 bits per heavy atom. The van der Waals surface area contributed by atoms with E-state index >= 15 is 0 Å². The smallest absolute Gasteiger partial charge is 0.324 e. The average Bonchev–Trinajstić information content (AvgIpc) is 2.87. The van der Waals surface area contributed by atoms with Crippen molar-refractivity contribution < 1.29 is 14.4 Å². The quantitative estimate of drug-likeness (QED) is 0.810. The maximum Gasteiger partial charge on any atom is 0.325 e. The summed E-state index contributed by atoms with van der Waals surface area (Å²) in [7, 11) is 0. The number of nitriles is 1. The van der Waals surface area contributed by atoms with Crippen LogP contribution in [0, 0.1) is 17.2 Å². The fraction of sp³-hybridized carbons (Fsp3) is 0.474. The van der Waals surface area contributed by atoms with Gasteiger partial charge in [0, 0.05) is 5.69 Å². The summed E-state index contributed by atoms with van der Waals surface area (Å²) in [5.74, 6) is -0.184. The first kappa shape index (κ1) is 17.9. The van der Waals surface area contributed by atoms with Gasteiger partial charge in [0.2, 0.25) is 5.91 Å². The minimum atomic E-state index is -0.843. The largest absolute Gasteiger partial charge is 0.325 e. The molecule has 2 N–H and O–H groups in total. The molecule has 0 bridgehead atoms. The fourth-order valence-corrected chi connectivity index (χ4v) is 3.75. The number of hydrogen-bond donors (Lipinski definition) is 2. The van der Waals surface area contributed by atoms with Crippen molar-refractivity contribution in [3.8, 4) is 6.07 Å². The molecule has 3 rings (SSSR count). The van der Waals surface area contributed by atoms with E-state index in [0.29, 0.717) is 30.0 Å². The van der Waals surface area contributed by atoms with Crippen molar-refractivity contribution in [2.45, 2.75) is 44.6 Å². The number of rotatable bonds is 4. The molecule has 0 radical (unpaired) electrons. The molecular formula is C19H22N4O3. The number of benzene rings is 1. The van der Waals surface area contributed by atoms with E-state index in [-0.39, 0.29) is 12.5 Å². The van der Waals surface area contributed by atoms with Gasteiger partial charge in [0.05, 0.1) is 11.6 Å². The summed E-state index contributed by atoms with van der Waals surface area (Å²) < 4.78 is 0. The summed E-state index contributed by atoms with van der Waals surface area (Å²) in [5.41, 5.74) is 0.0349. The zero-order valence-electron chi connectivity index (χ0n) is 14.7. The summed E-state index contributed by atoms with van der Waals surface area (Å²) in [4.78, 5) is 38.3. The highest BCUT2D eigenvalue weighted by Gasteiger charge is 2.52. The van der Waals surface area contributed by atoms with Gasteiger partial charge in [-0.05, 0) is 49.8 Å². The molecule has 7 nitrogen and oxygen atoms in total. The predicted octanol–water partition coefficient (Wildman–Crippen LogP) is 2.39. The van der Waals surface area contributed by atoms with Crippen molar-refractivity contribution in [2.24, 2.45) is 5.92 Å². The number of hydrogen-bond acceptors (Lipinski definition) is 4. The van der Waals surface area contributed by atoms with Crippen molar-refractivity contribution >= 4 is 23.5 Å². The van der Waals surface area contributed by atoms with Gasteiger partial charge >= 0.3 is 6.03 Å². The zero-order chi connectivity index (χ0) is 18.7. The summed E-state index contributed by atoms with van der Waals surface area (Å²) in [5, 5.41) is 14.3. The van der Waals surface area contributed by atoms with Gasteiger partial charge in [-0.3, -0.25) is 14.5 Å². The third kappa shape index (κ3) is 3.40. The Morgan fingerprint density at radius 2 is 2.12 bits per heavy atom. The molecule has 1 aromatic carbocycles. The number of carbonyl (C=O) groups excluding carboxylic acids is 3. The molecule has 1 aliphatic carbocycles. The summed E-state index contributed by atoms with van der Waals surface area (Å²) in [6, 6.07) is 7.96. The molecule has 1 heterocycles. The number of urea groups is 1. The third-order valence-corrected chi connectivity index (χ3v) is 5.36. The van der Waals surface area contributed by atoms with Crippen LogP contribution in [0.15, 0.2) is 24.3 Å². The van der Waals surface area contributed by atoms with Gasteiger partial charge in [0.25, 0.3) is 5.91 Å². The SMILES string of the molecule is CCC1CCC2(CC1)NC(=O)N(CC(=O)Nc1cccc(C#N)c1)C2=O. The molecule has 1 saturated heterocycles. The average molecular weight is 354 g/mol. The van der Waals surface area contributed by atoms with Crippen LogP contribution in [0.3, 0.4) is 0 Å². The molecule has 4 amide bonds. The van der Waals surface area contributed by atoms with Crippen LogP contribution < -0.4 is 10.6 Å². The van der Waals surface area contributed by atoms with Crippen LogP contribution in [0.1, 0.15) is 44.6 Å². The molecule has 1 aromatic rings. The summed E-state index contributed by atoms with van der Waals surface area (Å²) in [6.45, 7) is 1.80. The van der Waals surface area contributed by atoms with Crippen LogP contribution in [0.5, 0.6) is 0 Å². The number of carbonyl (C=O) groups is 3. The molecule has 136 valence electrons. The highest BCUT2D eigenvalue weighted by Crippen LogP contribution is 2.37. The molecule has 0 aromatic heterocycles. The molecule has 1 aliphatic heterocycles. The van der Waals surface area contributed by atoms with E-state index in [1.807, 2.05) is 6.07 Å². The normalized spacial score (nSPS) is 25.1. The number of anilines is 1. The van der Waals surface area contributed by atoms with Gasteiger partial charge in [-0.15, -0.1) is 0 Å². The second-order valence-corrected chi connectivity index (χ2v) is 7.00. The first-order valence-corrected chi connectivity index (χ1v) is 8.91. The van der Waals surface area contributed by atoms with Crippen LogP contribution >= 0.6 is 0 Å². The Kier molecular flexibility index (Phi) is 4.94. The van der Waals surface area contributed by atoms with E-state index in [1.54, 1.807) is 18.2 Å². The Morgan fingerprint density at radius 1 is 1.38 bits per heavy atom. The molecule has 1 spiro atoms. The molecule has 26 heavy (non-hydrogen) atoms. The van der Waals surface area contributed by atoms with E-state index in [1.165, 1.54) is 6.07 Å². The van der Waals surface area contributed by atoms with E-state index in [9.17, 15) is 14.4 Å². The van der Waals surface area contributed by atoms with Crippen molar-refractivity contribution in [1.29, 1.82) is 5.26 Å². The Bertz CT molecular complexity index is 775. The monoisotopic (exact) mass is 354 g/mol. The standard InChI is InChI=1S/C19H22N4O3/c1-2-13-6-8-19(9-7-13)17(25)23(18(26)22-19)12-16(24)21-15-5-3-4-14(10-15)11-20/h3-5,10,13H,2,6-9,12H2,1H3,(H,21,24)(H,22,26). The molecule has 2 fully saturated rings. The lowest BCUT2D eigenvalue weighted by molar-refractivity contribution is -0.135. The van der Waals surface area contributed by atoms with Crippen LogP contribution in [0.4, 0.5) is 10.5 Å². The lowest BCUT2D eigenvalue weighted by Crippen LogP contribution is -2.49.